The molecule has 0 radical (unpaired) electrons. The summed E-state index contributed by atoms with van der Waals surface area (Å²) in [6.07, 6.45) is 3.67. The number of amides is 4. The van der Waals surface area contributed by atoms with E-state index in [0.29, 0.717) is 50.7 Å². The van der Waals surface area contributed by atoms with E-state index in [2.05, 4.69) is 33.1 Å². The normalized spacial score (nSPS) is 20.1. The van der Waals surface area contributed by atoms with Crippen molar-refractivity contribution in [3.8, 4) is 11.8 Å². The first-order valence-electron chi connectivity index (χ1n) is 12.0. The van der Waals surface area contributed by atoms with E-state index in [1.807, 2.05) is 0 Å². The molecule has 3 atom stereocenters. The minimum absolute atomic E-state index is 0.202. The van der Waals surface area contributed by atoms with Crippen LogP contribution in [0.3, 0.4) is 0 Å². The number of alkyl carbamates (subject to hydrolysis) is 1. The maximum atomic E-state index is 11.8. The zero-order valence-electron chi connectivity index (χ0n) is 20.1. The number of ether oxygens (including phenoxy) is 3. The van der Waals surface area contributed by atoms with Crippen LogP contribution in [0, 0.1) is 29.6 Å². The van der Waals surface area contributed by atoms with Crippen LogP contribution in [0.25, 0.3) is 0 Å². The van der Waals surface area contributed by atoms with Crippen molar-refractivity contribution in [2.75, 3.05) is 65.8 Å². The predicted octanol–water partition coefficient (Wildman–Crippen LogP) is -1.51. The predicted molar refractivity (Wildman–Crippen MR) is 126 cm³/mol. The number of nitrogens with two attached hydrogens (primary N) is 1. The number of fused-ring (bicyclic) bond motifs is 1. The van der Waals surface area contributed by atoms with Gasteiger partial charge >= 0.3 is 6.09 Å². The lowest BCUT2D eigenvalue weighted by atomic mass is 10.1. The maximum Gasteiger partial charge on any atom is 0.407 e. The molecule has 196 valence electrons. The molecule has 1 saturated carbocycles. The number of nitrogens with one attached hydrogen (secondary N) is 4. The first kappa shape index (κ1) is 28.4. The van der Waals surface area contributed by atoms with Gasteiger partial charge in [0.15, 0.2) is 0 Å². The lowest BCUT2D eigenvalue weighted by molar-refractivity contribution is -0.127. The lowest BCUT2D eigenvalue weighted by Gasteiger charge is -2.09. The highest BCUT2D eigenvalue weighted by Crippen LogP contribution is 2.52. The fraction of sp³-hybridized carbons (Fsp3) is 0.739. The quantitative estimate of drug-likeness (QED) is 0.127. The Bertz CT molecular complexity index is 749. The summed E-state index contributed by atoms with van der Waals surface area (Å²) in [7, 11) is 0. The van der Waals surface area contributed by atoms with Crippen molar-refractivity contribution >= 4 is 23.8 Å². The van der Waals surface area contributed by atoms with Gasteiger partial charge in [-0.3, -0.25) is 14.4 Å². The van der Waals surface area contributed by atoms with Gasteiger partial charge in [-0.2, -0.15) is 0 Å². The SMILES string of the molecule is NCC(=O)NCC(=O)NCC(=O)NCCOCCOCCNC(=O)OCC1[C@H]2CCC#CCC[C@@H]12. The van der Waals surface area contributed by atoms with Gasteiger partial charge in [-0.1, -0.05) is 0 Å². The molecule has 0 aromatic heterocycles. The Labute approximate surface area is 205 Å². The first-order chi connectivity index (χ1) is 17.0. The maximum absolute atomic E-state index is 11.8. The van der Waals surface area contributed by atoms with Crippen LogP contribution in [0.1, 0.15) is 25.7 Å². The number of hydrogen-bond acceptors (Lipinski definition) is 8. The standard InChI is InChI=1S/C23H37N5O7/c24-13-20(29)27-15-22(31)28-14-21(30)25-7-9-33-11-12-34-10-8-26-23(32)35-16-19-17-5-3-1-2-4-6-18(17)19/h17-19H,3-16,24H2,(H,25,30)(H,26,32)(H,27,29)(H,28,31)/t17-,18+,19?. The van der Waals surface area contributed by atoms with Crippen molar-refractivity contribution in [2.45, 2.75) is 25.7 Å². The molecule has 35 heavy (non-hydrogen) atoms. The van der Waals surface area contributed by atoms with Crippen molar-refractivity contribution < 1.29 is 33.4 Å². The van der Waals surface area contributed by atoms with Crippen LogP contribution in [0.15, 0.2) is 0 Å². The summed E-state index contributed by atoms with van der Waals surface area (Å²) < 4.78 is 16.1. The molecule has 12 heteroatoms. The molecule has 0 aromatic carbocycles. The van der Waals surface area contributed by atoms with E-state index in [4.69, 9.17) is 19.9 Å². The third-order valence-corrected chi connectivity index (χ3v) is 5.78. The fourth-order valence-electron chi connectivity index (χ4n) is 3.87. The van der Waals surface area contributed by atoms with Crippen LogP contribution in [0.4, 0.5) is 4.79 Å². The second-order valence-electron chi connectivity index (χ2n) is 8.28. The van der Waals surface area contributed by atoms with Crippen LogP contribution >= 0.6 is 0 Å². The molecule has 6 N–H and O–H groups in total. The summed E-state index contributed by atoms with van der Waals surface area (Å²) in [4.78, 5) is 45.8. The summed E-state index contributed by atoms with van der Waals surface area (Å²) in [5.74, 6) is 6.80. The van der Waals surface area contributed by atoms with Crippen LogP contribution in [0.2, 0.25) is 0 Å². The number of carbonyl (C=O) groups is 4. The van der Waals surface area contributed by atoms with Gasteiger partial charge in [0.2, 0.25) is 17.7 Å². The smallest absolute Gasteiger partial charge is 0.407 e. The van der Waals surface area contributed by atoms with E-state index < -0.39 is 17.9 Å². The highest BCUT2D eigenvalue weighted by molar-refractivity contribution is 5.88. The van der Waals surface area contributed by atoms with Crippen LogP contribution < -0.4 is 27.0 Å². The number of rotatable bonds is 16. The Kier molecular flexibility index (Phi) is 13.5. The van der Waals surface area contributed by atoms with Gasteiger partial charge in [-0.15, -0.1) is 11.8 Å². The lowest BCUT2D eigenvalue weighted by Crippen LogP contribution is -2.43. The Morgan fingerprint density at radius 1 is 0.743 bits per heavy atom. The average molecular weight is 496 g/mol. The Balaban J connectivity index is 1.33. The Hall–Kier alpha value is -2.88. The largest absolute Gasteiger partial charge is 0.449 e. The molecule has 0 saturated heterocycles. The van der Waals surface area contributed by atoms with Crippen LogP contribution in [0.5, 0.6) is 0 Å². The second kappa shape index (κ2) is 16.7. The monoisotopic (exact) mass is 495 g/mol. The van der Waals surface area contributed by atoms with E-state index in [0.717, 1.165) is 25.7 Å². The third-order valence-electron chi connectivity index (χ3n) is 5.78. The summed E-state index contributed by atoms with van der Waals surface area (Å²) in [5.41, 5.74) is 5.10. The highest BCUT2D eigenvalue weighted by atomic mass is 16.6. The van der Waals surface area contributed by atoms with E-state index in [1.165, 1.54) is 0 Å². The van der Waals surface area contributed by atoms with E-state index in [9.17, 15) is 19.2 Å². The van der Waals surface area contributed by atoms with Gasteiger partial charge in [0, 0.05) is 25.9 Å². The average Bonchev–Trinajstić information content (AvgIpc) is 3.49. The topological polar surface area (TPSA) is 170 Å². The van der Waals surface area contributed by atoms with Gasteiger partial charge in [-0.25, -0.2) is 4.79 Å². The molecule has 1 fully saturated rings. The van der Waals surface area contributed by atoms with Crippen molar-refractivity contribution in [3.05, 3.63) is 0 Å². The Morgan fingerprint density at radius 2 is 1.29 bits per heavy atom. The Morgan fingerprint density at radius 3 is 1.89 bits per heavy atom. The van der Waals surface area contributed by atoms with Crippen LogP contribution in [-0.4, -0.2) is 89.6 Å². The van der Waals surface area contributed by atoms with Crippen molar-refractivity contribution in [1.29, 1.82) is 0 Å². The van der Waals surface area contributed by atoms with Crippen LogP contribution in [-0.2, 0) is 28.6 Å². The van der Waals surface area contributed by atoms with Gasteiger partial charge in [0.1, 0.15) is 0 Å². The molecule has 4 amide bonds. The molecule has 0 heterocycles. The zero-order chi connectivity index (χ0) is 25.3. The van der Waals surface area contributed by atoms with E-state index >= 15 is 0 Å². The molecule has 0 aromatic rings. The minimum Gasteiger partial charge on any atom is -0.449 e. The molecule has 0 bridgehead atoms. The van der Waals surface area contributed by atoms with Gasteiger partial charge < -0.3 is 41.2 Å². The fourth-order valence-corrected chi connectivity index (χ4v) is 3.87. The summed E-state index contributed by atoms with van der Waals surface area (Å²) >= 11 is 0. The second-order valence-corrected chi connectivity index (χ2v) is 8.28. The molecular formula is C23H37N5O7. The molecule has 2 aliphatic carbocycles. The third kappa shape index (κ3) is 12.4. The summed E-state index contributed by atoms with van der Waals surface area (Å²) in [5, 5.41) is 9.94. The molecule has 1 unspecified atom stereocenters. The molecule has 0 aliphatic heterocycles. The minimum atomic E-state index is -0.486. The number of hydrogen-bond donors (Lipinski definition) is 5. The highest BCUT2D eigenvalue weighted by Gasteiger charge is 2.49. The molecule has 0 spiro atoms. The molecule has 12 nitrogen and oxygen atoms in total. The summed E-state index contributed by atoms with van der Waals surface area (Å²) in [6, 6.07) is 0. The number of carbonyl (C=O) groups excluding carboxylic acids is 4. The first-order valence-corrected chi connectivity index (χ1v) is 12.0. The van der Waals surface area contributed by atoms with Gasteiger partial charge in [0.25, 0.3) is 0 Å². The summed E-state index contributed by atoms with van der Waals surface area (Å²) in [6.45, 7) is 1.77. The van der Waals surface area contributed by atoms with E-state index in [1.54, 1.807) is 0 Å². The van der Waals surface area contributed by atoms with Gasteiger partial charge in [-0.05, 0) is 30.6 Å². The van der Waals surface area contributed by atoms with Crippen molar-refractivity contribution in [2.24, 2.45) is 23.5 Å². The van der Waals surface area contributed by atoms with E-state index in [-0.39, 0.29) is 38.7 Å². The van der Waals surface area contributed by atoms with Crippen molar-refractivity contribution in [1.82, 2.24) is 21.3 Å². The van der Waals surface area contributed by atoms with Gasteiger partial charge in [0.05, 0.1) is 52.7 Å². The zero-order valence-corrected chi connectivity index (χ0v) is 20.1. The molecular weight excluding hydrogens is 458 g/mol. The van der Waals surface area contributed by atoms with Crippen molar-refractivity contribution in [3.63, 3.8) is 0 Å². The molecule has 2 rings (SSSR count). The molecule has 2 aliphatic rings.